The predicted molar refractivity (Wildman–Crippen MR) is 111 cm³/mol. The Balaban J connectivity index is 2.21. The van der Waals surface area contributed by atoms with E-state index >= 15 is 0 Å². The van der Waals surface area contributed by atoms with Gasteiger partial charge in [0, 0.05) is 6.08 Å². The summed E-state index contributed by atoms with van der Waals surface area (Å²) in [5.41, 5.74) is 0. The summed E-state index contributed by atoms with van der Waals surface area (Å²) in [6.45, 7) is 0. The van der Waals surface area contributed by atoms with Gasteiger partial charge in [-0.05, 0) is 42.5 Å². The van der Waals surface area contributed by atoms with Crippen LogP contribution >= 0.6 is 7.26 Å². The second kappa shape index (κ2) is 8.60. The molecule has 0 bridgehead atoms. The van der Waals surface area contributed by atoms with Crippen molar-refractivity contribution >= 4 is 29.1 Å². The molecule has 0 radical (unpaired) electrons. The van der Waals surface area contributed by atoms with Crippen molar-refractivity contribution in [2.45, 2.75) is 0 Å². The van der Waals surface area contributed by atoms with E-state index in [-0.39, 0.29) is 5.97 Å². The third kappa shape index (κ3) is 3.76. The highest BCUT2D eigenvalue weighted by atomic mass is 31.2. The second-order valence-corrected chi connectivity index (χ2v) is 9.46. The van der Waals surface area contributed by atoms with Crippen LogP contribution in [0.3, 0.4) is 0 Å². The molecule has 0 N–H and O–H groups in total. The highest BCUT2D eigenvalue weighted by Crippen LogP contribution is 2.55. The van der Waals surface area contributed by atoms with Crippen molar-refractivity contribution < 1.29 is 9.53 Å². The van der Waals surface area contributed by atoms with Crippen LogP contribution in [-0.2, 0) is 9.53 Å². The molecule has 0 saturated heterocycles. The van der Waals surface area contributed by atoms with Crippen LogP contribution in [0.5, 0.6) is 0 Å². The summed E-state index contributed by atoms with van der Waals surface area (Å²) in [4.78, 5) is 11.6. The molecule has 0 aliphatic carbocycles. The summed E-state index contributed by atoms with van der Waals surface area (Å²) in [7, 11) is -0.511. The van der Waals surface area contributed by atoms with E-state index in [1.165, 1.54) is 29.1 Å². The first-order valence-electron chi connectivity index (χ1n) is 8.57. The number of hydrogen-bond donors (Lipinski definition) is 0. The fourth-order valence-corrected chi connectivity index (χ4v) is 7.18. The lowest BCUT2D eigenvalue weighted by Gasteiger charge is -2.26. The standard InChI is InChI=1S/C23H22O2P/c1-25-23(24)18-11-19-26(20-12-5-2-6-13-20,21-14-7-3-8-15-21)22-16-9-4-10-17-22/h2-18H,19H2,1H3/q+1/b18-11-. The molecule has 0 fully saturated rings. The molecule has 0 saturated carbocycles. The fourth-order valence-electron chi connectivity index (χ4n) is 3.19. The molecule has 3 aromatic carbocycles. The van der Waals surface area contributed by atoms with Crippen LogP contribution in [0, 0.1) is 0 Å². The summed E-state index contributed by atoms with van der Waals surface area (Å²) in [5, 5.41) is 3.89. The highest BCUT2D eigenvalue weighted by Gasteiger charge is 2.44. The molecule has 0 amide bonds. The van der Waals surface area contributed by atoms with Crippen molar-refractivity contribution in [2.24, 2.45) is 0 Å². The lowest BCUT2D eigenvalue weighted by Crippen LogP contribution is -2.32. The number of ether oxygens (including phenoxy) is 1. The third-order valence-electron chi connectivity index (χ3n) is 4.43. The van der Waals surface area contributed by atoms with E-state index < -0.39 is 7.26 Å². The average Bonchev–Trinajstić information content (AvgIpc) is 2.73. The minimum absolute atomic E-state index is 0.322. The van der Waals surface area contributed by atoms with Crippen LogP contribution in [0.4, 0.5) is 0 Å². The maximum absolute atomic E-state index is 11.6. The molecule has 130 valence electrons. The van der Waals surface area contributed by atoms with E-state index in [0.717, 1.165) is 6.16 Å². The predicted octanol–water partition coefficient (Wildman–Crippen LogP) is 3.71. The van der Waals surface area contributed by atoms with Gasteiger partial charge in [-0.2, -0.15) is 0 Å². The first-order valence-corrected chi connectivity index (χ1v) is 10.5. The first kappa shape index (κ1) is 18.1. The van der Waals surface area contributed by atoms with E-state index in [1.807, 2.05) is 24.3 Å². The quantitative estimate of drug-likeness (QED) is 0.380. The van der Waals surface area contributed by atoms with Gasteiger partial charge < -0.3 is 4.74 Å². The summed E-state index contributed by atoms with van der Waals surface area (Å²) < 4.78 is 4.77. The maximum Gasteiger partial charge on any atom is 0.330 e. The number of rotatable bonds is 6. The van der Waals surface area contributed by atoms with E-state index in [4.69, 9.17) is 4.74 Å². The van der Waals surface area contributed by atoms with Crippen LogP contribution in [0.1, 0.15) is 0 Å². The Morgan fingerprint density at radius 3 is 1.50 bits per heavy atom. The van der Waals surface area contributed by atoms with Crippen molar-refractivity contribution in [1.29, 1.82) is 0 Å². The molecule has 3 heteroatoms. The van der Waals surface area contributed by atoms with Gasteiger partial charge in [0.05, 0.1) is 13.3 Å². The van der Waals surface area contributed by atoms with E-state index in [1.54, 1.807) is 0 Å². The largest absolute Gasteiger partial charge is 0.466 e. The molecule has 0 aliphatic heterocycles. The van der Waals surface area contributed by atoms with Gasteiger partial charge in [-0.3, -0.25) is 0 Å². The van der Waals surface area contributed by atoms with Gasteiger partial charge in [-0.25, -0.2) is 4.79 Å². The Morgan fingerprint density at radius 2 is 1.15 bits per heavy atom. The molecular weight excluding hydrogens is 339 g/mol. The lowest BCUT2D eigenvalue weighted by atomic mass is 10.4. The van der Waals surface area contributed by atoms with Gasteiger partial charge in [0.2, 0.25) is 0 Å². The summed E-state index contributed by atoms with van der Waals surface area (Å²) in [6, 6.07) is 31.8. The molecule has 0 atom stereocenters. The molecule has 0 aliphatic rings. The van der Waals surface area contributed by atoms with Crippen LogP contribution in [0.15, 0.2) is 103 Å². The fraction of sp³-hybridized carbons (Fsp3) is 0.0870. The smallest absolute Gasteiger partial charge is 0.330 e. The SMILES string of the molecule is COC(=O)/C=C\C[P+](c1ccccc1)(c1ccccc1)c1ccccc1. The highest BCUT2D eigenvalue weighted by molar-refractivity contribution is 7.95. The van der Waals surface area contributed by atoms with Crippen LogP contribution in [0.25, 0.3) is 0 Å². The second-order valence-electron chi connectivity index (χ2n) is 5.92. The number of methoxy groups -OCH3 is 1. The average molecular weight is 361 g/mol. The van der Waals surface area contributed by atoms with Crippen LogP contribution in [0.2, 0.25) is 0 Å². The zero-order valence-corrected chi connectivity index (χ0v) is 15.7. The molecule has 26 heavy (non-hydrogen) atoms. The number of allylic oxidation sites excluding steroid dienone is 1. The molecule has 0 heterocycles. The van der Waals surface area contributed by atoms with Gasteiger partial charge in [0.25, 0.3) is 0 Å². The van der Waals surface area contributed by atoms with Gasteiger partial charge in [0.15, 0.2) is 0 Å². The monoisotopic (exact) mass is 361 g/mol. The third-order valence-corrected chi connectivity index (χ3v) is 8.72. The number of carbonyl (C=O) groups excluding carboxylic acids is 1. The molecule has 3 rings (SSSR count). The maximum atomic E-state index is 11.6. The van der Waals surface area contributed by atoms with E-state index in [9.17, 15) is 4.79 Å². The Kier molecular flexibility index (Phi) is 5.99. The Morgan fingerprint density at radius 1 is 0.769 bits per heavy atom. The Bertz CT molecular complexity index is 762. The van der Waals surface area contributed by atoms with E-state index in [2.05, 4.69) is 72.8 Å². The van der Waals surface area contributed by atoms with Gasteiger partial charge in [-0.1, -0.05) is 54.6 Å². The van der Waals surface area contributed by atoms with Crippen LogP contribution < -0.4 is 15.9 Å². The molecule has 0 spiro atoms. The molecule has 3 aromatic rings. The van der Waals surface area contributed by atoms with Crippen molar-refractivity contribution in [3.63, 3.8) is 0 Å². The van der Waals surface area contributed by atoms with Crippen molar-refractivity contribution in [2.75, 3.05) is 13.3 Å². The van der Waals surface area contributed by atoms with Crippen molar-refractivity contribution in [1.82, 2.24) is 0 Å². The topological polar surface area (TPSA) is 26.3 Å². The number of hydrogen-bond acceptors (Lipinski definition) is 2. The minimum Gasteiger partial charge on any atom is -0.466 e. The van der Waals surface area contributed by atoms with Gasteiger partial charge in [-0.15, -0.1) is 0 Å². The Hall–Kier alpha value is -2.70. The number of benzene rings is 3. The lowest BCUT2D eigenvalue weighted by molar-refractivity contribution is -0.134. The minimum atomic E-state index is -1.91. The normalized spacial score (nSPS) is 11.4. The van der Waals surface area contributed by atoms with Gasteiger partial charge >= 0.3 is 5.97 Å². The molecule has 2 nitrogen and oxygen atoms in total. The number of esters is 1. The van der Waals surface area contributed by atoms with Crippen LogP contribution in [-0.4, -0.2) is 19.2 Å². The zero-order chi connectivity index (χ0) is 18.2. The van der Waals surface area contributed by atoms with Crippen molar-refractivity contribution in [3.05, 3.63) is 103 Å². The summed E-state index contributed by atoms with van der Waals surface area (Å²) in [5.74, 6) is -0.322. The Labute approximate surface area is 155 Å². The molecule has 0 aromatic heterocycles. The zero-order valence-electron chi connectivity index (χ0n) is 14.8. The van der Waals surface area contributed by atoms with Gasteiger partial charge in [0.1, 0.15) is 23.2 Å². The summed E-state index contributed by atoms with van der Waals surface area (Å²) in [6.07, 6.45) is 4.25. The first-order chi connectivity index (χ1) is 12.8. The molecule has 0 unspecified atom stereocenters. The number of carbonyl (C=O) groups is 1. The summed E-state index contributed by atoms with van der Waals surface area (Å²) >= 11 is 0. The van der Waals surface area contributed by atoms with Crippen molar-refractivity contribution in [3.8, 4) is 0 Å². The molecular formula is C23H22O2P+. The van der Waals surface area contributed by atoms with E-state index in [0.29, 0.717) is 0 Å².